The molecule has 6 heteroatoms. The van der Waals surface area contributed by atoms with Gasteiger partial charge in [-0.15, -0.1) is 11.3 Å². The highest BCUT2D eigenvalue weighted by Gasteiger charge is 2.65. The quantitative estimate of drug-likeness (QED) is 0.798. The second-order valence-corrected chi connectivity index (χ2v) is 7.99. The van der Waals surface area contributed by atoms with Gasteiger partial charge in [-0.3, -0.25) is 5.32 Å². The average Bonchev–Trinajstić information content (AvgIpc) is 2.60. The molecule has 21 heavy (non-hydrogen) atoms. The number of rotatable bonds is 3. The molecule has 5 nitrogen and oxygen atoms in total. The van der Waals surface area contributed by atoms with Gasteiger partial charge in [0, 0.05) is 10.9 Å². The lowest BCUT2D eigenvalue weighted by atomic mass is 10.0. The van der Waals surface area contributed by atoms with E-state index in [1.54, 1.807) is 6.92 Å². The topological polar surface area (TPSA) is 78.4 Å². The van der Waals surface area contributed by atoms with E-state index < -0.39 is 5.97 Å². The van der Waals surface area contributed by atoms with Gasteiger partial charge in [0.2, 0.25) is 0 Å². The first-order valence-corrected chi connectivity index (χ1v) is 7.72. The molecule has 0 radical (unpaired) electrons. The molecule has 1 aliphatic carbocycles. The van der Waals surface area contributed by atoms with Crippen molar-refractivity contribution in [2.24, 2.45) is 10.8 Å². The minimum atomic E-state index is -1.01. The van der Waals surface area contributed by atoms with E-state index in [0.29, 0.717) is 10.6 Å². The maximum Gasteiger partial charge on any atom is 0.338 e. The number of hydrogen-bond acceptors (Lipinski definition) is 3. The molecule has 0 bridgehead atoms. The normalized spacial score (nSPS) is 19.1. The van der Waals surface area contributed by atoms with Crippen molar-refractivity contribution in [2.75, 3.05) is 5.32 Å². The molecule has 0 spiro atoms. The molecule has 3 N–H and O–H groups in total. The van der Waals surface area contributed by atoms with E-state index >= 15 is 0 Å². The number of aromatic carboxylic acids is 1. The molecule has 2 rings (SSSR count). The number of nitrogens with one attached hydrogen (secondary N) is 2. The maximum atomic E-state index is 12.1. The van der Waals surface area contributed by atoms with Gasteiger partial charge >= 0.3 is 12.0 Å². The van der Waals surface area contributed by atoms with Crippen molar-refractivity contribution in [3.05, 3.63) is 16.0 Å². The Bertz CT molecular complexity index is 603. The van der Waals surface area contributed by atoms with Crippen LogP contribution in [-0.4, -0.2) is 23.1 Å². The van der Waals surface area contributed by atoms with E-state index in [-0.39, 0.29) is 28.5 Å². The standard InChI is InChI=1S/C15H22N2O3S/c1-7-8(2)21-10(9(7)11(18)19)16-13(20)17-12-14(3,4)15(12,5)6/h12H,1-6H3,(H,18,19)(H2,16,17,20). The van der Waals surface area contributed by atoms with Crippen molar-refractivity contribution < 1.29 is 14.7 Å². The summed E-state index contributed by atoms with van der Waals surface area (Å²) in [4.78, 5) is 24.3. The van der Waals surface area contributed by atoms with Crippen LogP contribution in [0.2, 0.25) is 0 Å². The van der Waals surface area contributed by atoms with E-state index in [9.17, 15) is 14.7 Å². The molecule has 1 heterocycles. The number of carbonyl (C=O) groups is 2. The van der Waals surface area contributed by atoms with Crippen LogP contribution in [0.3, 0.4) is 0 Å². The van der Waals surface area contributed by atoms with Crippen LogP contribution in [0.4, 0.5) is 9.80 Å². The van der Waals surface area contributed by atoms with Crippen LogP contribution < -0.4 is 10.6 Å². The predicted octanol–water partition coefficient (Wildman–Crippen LogP) is 3.62. The Hall–Kier alpha value is -1.56. The van der Waals surface area contributed by atoms with Gasteiger partial charge in [-0.1, -0.05) is 27.7 Å². The van der Waals surface area contributed by atoms with Crippen molar-refractivity contribution in [2.45, 2.75) is 47.6 Å². The Morgan fingerprint density at radius 2 is 1.67 bits per heavy atom. The third-order valence-electron chi connectivity index (χ3n) is 5.12. The number of anilines is 1. The molecule has 1 aromatic heterocycles. The van der Waals surface area contributed by atoms with Crippen molar-refractivity contribution in [1.82, 2.24) is 5.32 Å². The first-order chi connectivity index (χ1) is 9.50. The fourth-order valence-corrected chi connectivity index (χ4v) is 3.85. The molecule has 1 saturated carbocycles. The number of urea groups is 1. The van der Waals surface area contributed by atoms with E-state index in [1.165, 1.54) is 11.3 Å². The summed E-state index contributed by atoms with van der Waals surface area (Å²) in [5, 5.41) is 15.3. The molecule has 1 aromatic rings. The smallest absolute Gasteiger partial charge is 0.338 e. The highest BCUT2D eigenvalue weighted by molar-refractivity contribution is 7.16. The van der Waals surface area contributed by atoms with Crippen molar-refractivity contribution in [3.63, 3.8) is 0 Å². The molecule has 1 aliphatic rings. The summed E-state index contributed by atoms with van der Waals surface area (Å²) >= 11 is 1.29. The largest absolute Gasteiger partial charge is 0.478 e. The van der Waals surface area contributed by atoms with Gasteiger partial charge in [0.15, 0.2) is 0 Å². The number of carboxylic acids is 1. The van der Waals surface area contributed by atoms with Crippen molar-refractivity contribution in [3.8, 4) is 0 Å². The number of amides is 2. The summed E-state index contributed by atoms with van der Waals surface area (Å²) in [5.41, 5.74) is 0.972. The van der Waals surface area contributed by atoms with Crippen LogP contribution in [0.1, 0.15) is 48.5 Å². The summed E-state index contributed by atoms with van der Waals surface area (Å²) in [6.45, 7) is 12.0. The summed E-state index contributed by atoms with van der Waals surface area (Å²) in [7, 11) is 0. The van der Waals surface area contributed by atoms with E-state index in [4.69, 9.17) is 0 Å². The Balaban J connectivity index is 2.12. The number of aryl methyl sites for hydroxylation is 1. The fraction of sp³-hybridized carbons (Fsp3) is 0.600. The lowest BCUT2D eigenvalue weighted by molar-refractivity contribution is 0.0697. The predicted molar refractivity (Wildman–Crippen MR) is 84.3 cm³/mol. The Morgan fingerprint density at radius 3 is 2.10 bits per heavy atom. The molecule has 116 valence electrons. The van der Waals surface area contributed by atoms with Crippen LogP contribution in [0.5, 0.6) is 0 Å². The SMILES string of the molecule is Cc1sc(NC(=O)NC2C(C)(C)C2(C)C)c(C(=O)O)c1C. The highest BCUT2D eigenvalue weighted by Crippen LogP contribution is 2.62. The number of carboxylic acid groups (broad SMARTS) is 1. The first-order valence-electron chi connectivity index (χ1n) is 6.91. The van der Waals surface area contributed by atoms with Gasteiger partial charge in [-0.2, -0.15) is 0 Å². The molecule has 0 atom stereocenters. The van der Waals surface area contributed by atoms with E-state index in [0.717, 1.165) is 4.88 Å². The van der Waals surface area contributed by atoms with Gasteiger partial charge in [0.25, 0.3) is 0 Å². The van der Waals surface area contributed by atoms with Crippen LogP contribution in [0, 0.1) is 24.7 Å². The molecule has 2 amide bonds. The highest BCUT2D eigenvalue weighted by atomic mass is 32.1. The first kappa shape index (κ1) is 15.8. The third kappa shape index (κ3) is 2.41. The van der Waals surface area contributed by atoms with Crippen molar-refractivity contribution >= 4 is 28.3 Å². The van der Waals surface area contributed by atoms with Crippen LogP contribution in [-0.2, 0) is 0 Å². The number of hydrogen-bond donors (Lipinski definition) is 3. The number of thiophene rings is 1. The minimum absolute atomic E-state index is 0.0429. The Labute approximate surface area is 128 Å². The molecule has 0 aromatic carbocycles. The molecule has 0 aliphatic heterocycles. The van der Waals surface area contributed by atoms with Gasteiger partial charge < -0.3 is 10.4 Å². The van der Waals surface area contributed by atoms with Crippen molar-refractivity contribution in [1.29, 1.82) is 0 Å². The van der Waals surface area contributed by atoms with Gasteiger partial charge in [0.05, 0.1) is 5.56 Å². The van der Waals surface area contributed by atoms with E-state index in [2.05, 4.69) is 38.3 Å². The zero-order valence-corrected chi connectivity index (χ0v) is 14.1. The Kier molecular flexibility index (Phi) is 3.56. The minimum Gasteiger partial charge on any atom is -0.478 e. The summed E-state index contributed by atoms with van der Waals surface area (Å²) in [6, 6.07) is -0.261. The second kappa shape index (κ2) is 4.73. The summed E-state index contributed by atoms with van der Waals surface area (Å²) in [5.74, 6) is -1.01. The molecular weight excluding hydrogens is 288 g/mol. The van der Waals surface area contributed by atoms with Crippen LogP contribution in [0.15, 0.2) is 0 Å². The van der Waals surface area contributed by atoms with Gasteiger partial charge in [-0.25, -0.2) is 9.59 Å². The Morgan fingerprint density at radius 1 is 1.14 bits per heavy atom. The summed E-state index contributed by atoms with van der Waals surface area (Å²) in [6.07, 6.45) is 0. The maximum absolute atomic E-state index is 12.1. The zero-order valence-electron chi connectivity index (χ0n) is 13.2. The molecular formula is C15H22N2O3S. The molecule has 0 unspecified atom stereocenters. The zero-order chi connectivity index (χ0) is 16.2. The molecule has 0 saturated heterocycles. The lowest BCUT2D eigenvalue weighted by Gasteiger charge is -2.08. The van der Waals surface area contributed by atoms with E-state index in [1.807, 2.05) is 6.92 Å². The monoisotopic (exact) mass is 310 g/mol. The van der Waals surface area contributed by atoms with Gasteiger partial charge in [-0.05, 0) is 30.2 Å². The summed E-state index contributed by atoms with van der Waals surface area (Å²) < 4.78 is 0. The number of carbonyl (C=O) groups excluding carboxylic acids is 1. The fourth-order valence-electron chi connectivity index (χ4n) is 2.80. The third-order valence-corrected chi connectivity index (χ3v) is 6.25. The van der Waals surface area contributed by atoms with Crippen LogP contribution >= 0.6 is 11.3 Å². The molecule has 1 fully saturated rings. The average molecular weight is 310 g/mol. The van der Waals surface area contributed by atoms with Gasteiger partial charge in [0.1, 0.15) is 5.00 Å². The second-order valence-electron chi connectivity index (χ2n) is 6.77. The lowest BCUT2D eigenvalue weighted by Crippen LogP contribution is -2.34. The van der Waals surface area contributed by atoms with Crippen LogP contribution in [0.25, 0.3) is 0 Å².